The molecular weight excluding hydrogens is 366 g/mol. The number of fused-ring (bicyclic) bond motifs is 2. The number of nitrogens with one attached hydrogen (secondary N) is 1. The van der Waals surface area contributed by atoms with Crippen molar-refractivity contribution in [2.24, 2.45) is 0 Å². The lowest BCUT2D eigenvalue weighted by atomic mass is 10.0. The molecule has 2 aromatic carbocycles. The van der Waals surface area contributed by atoms with Crippen LogP contribution < -0.4 is 16.0 Å². The van der Waals surface area contributed by atoms with Gasteiger partial charge in [0.25, 0.3) is 0 Å². The van der Waals surface area contributed by atoms with Crippen LogP contribution in [0.25, 0.3) is 11.1 Å². The van der Waals surface area contributed by atoms with E-state index in [-0.39, 0.29) is 18.9 Å². The number of hydrogen-bond acceptors (Lipinski definition) is 4. The molecule has 4 rings (SSSR count). The quantitative estimate of drug-likeness (QED) is 0.744. The molecule has 0 bridgehead atoms. The Kier molecular flexibility index (Phi) is 4.66. The lowest BCUT2D eigenvalue weighted by molar-refractivity contribution is -0.116. The van der Waals surface area contributed by atoms with Gasteiger partial charge in [-0.1, -0.05) is 17.7 Å². The number of hydrogen-bond donors (Lipinski definition) is 1. The number of aryl methyl sites for hydroxylation is 2. The molecule has 7 heteroatoms. The molecule has 0 unspecified atom stereocenters. The van der Waals surface area contributed by atoms with E-state index in [9.17, 15) is 9.59 Å². The highest BCUT2D eigenvalue weighted by Crippen LogP contribution is 2.29. The highest BCUT2D eigenvalue weighted by molar-refractivity contribution is 6.31. The average Bonchev–Trinajstić information content (AvgIpc) is 2.95. The van der Waals surface area contributed by atoms with Crippen molar-refractivity contribution in [3.8, 4) is 0 Å². The zero-order valence-electron chi connectivity index (χ0n) is 15.0. The van der Waals surface area contributed by atoms with Crippen molar-refractivity contribution >= 4 is 40.0 Å². The first-order chi connectivity index (χ1) is 13.0. The monoisotopic (exact) mass is 385 g/mol. The van der Waals surface area contributed by atoms with Crippen molar-refractivity contribution in [1.82, 2.24) is 4.57 Å². The first kappa shape index (κ1) is 17.7. The van der Waals surface area contributed by atoms with Gasteiger partial charge < -0.3 is 14.6 Å². The zero-order chi connectivity index (χ0) is 19.0. The summed E-state index contributed by atoms with van der Waals surface area (Å²) in [4.78, 5) is 26.6. The smallest absolute Gasteiger partial charge is 0.408 e. The molecule has 140 valence electrons. The fraction of sp³-hybridized carbons (Fsp3) is 0.300. The number of nitrogens with zero attached hydrogens (tertiary/aromatic N) is 2. The summed E-state index contributed by atoms with van der Waals surface area (Å²) < 4.78 is 6.64. The number of anilines is 2. The second-order valence-electron chi connectivity index (χ2n) is 6.80. The highest BCUT2D eigenvalue weighted by atomic mass is 35.5. The van der Waals surface area contributed by atoms with Crippen molar-refractivity contribution in [3.05, 3.63) is 57.5 Å². The van der Waals surface area contributed by atoms with Crippen LogP contribution in [-0.4, -0.2) is 24.1 Å². The molecule has 0 spiro atoms. The average molecular weight is 386 g/mol. The summed E-state index contributed by atoms with van der Waals surface area (Å²) in [6.07, 6.45) is 2.38. The first-order valence-electron chi connectivity index (χ1n) is 8.94. The second-order valence-corrected chi connectivity index (χ2v) is 7.23. The van der Waals surface area contributed by atoms with Crippen molar-refractivity contribution in [2.45, 2.75) is 25.8 Å². The van der Waals surface area contributed by atoms with Gasteiger partial charge in [-0.15, -0.1) is 0 Å². The van der Waals surface area contributed by atoms with E-state index in [0.717, 1.165) is 30.8 Å². The molecule has 1 N–H and O–H groups in total. The van der Waals surface area contributed by atoms with Crippen LogP contribution in [0.1, 0.15) is 18.4 Å². The van der Waals surface area contributed by atoms with Gasteiger partial charge in [0, 0.05) is 49.0 Å². The van der Waals surface area contributed by atoms with Crippen LogP contribution in [0.5, 0.6) is 0 Å². The number of aromatic nitrogens is 1. The maximum Gasteiger partial charge on any atom is 0.419 e. The molecule has 0 aliphatic carbocycles. The molecule has 0 fully saturated rings. The first-order valence-corrected chi connectivity index (χ1v) is 9.32. The Hall–Kier alpha value is -2.73. The van der Waals surface area contributed by atoms with Gasteiger partial charge in [0.15, 0.2) is 5.58 Å². The third-order valence-corrected chi connectivity index (χ3v) is 5.15. The van der Waals surface area contributed by atoms with Gasteiger partial charge >= 0.3 is 5.76 Å². The molecule has 0 atom stereocenters. The maximum absolute atomic E-state index is 12.4. The number of benzene rings is 2. The number of amides is 1. The summed E-state index contributed by atoms with van der Waals surface area (Å²) in [6, 6.07) is 11.0. The Labute approximate surface area is 161 Å². The molecule has 0 saturated heterocycles. The van der Waals surface area contributed by atoms with Crippen molar-refractivity contribution in [1.29, 1.82) is 0 Å². The third-order valence-electron chi connectivity index (χ3n) is 4.91. The van der Waals surface area contributed by atoms with Gasteiger partial charge in [-0.3, -0.25) is 9.36 Å². The van der Waals surface area contributed by atoms with Crippen molar-refractivity contribution < 1.29 is 9.21 Å². The fourth-order valence-electron chi connectivity index (χ4n) is 3.52. The molecular formula is C20H20ClN3O3. The van der Waals surface area contributed by atoms with Gasteiger partial charge in [-0.2, -0.15) is 0 Å². The highest BCUT2D eigenvalue weighted by Gasteiger charge is 2.15. The van der Waals surface area contributed by atoms with Gasteiger partial charge in [0.05, 0.1) is 5.52 Å². The normalized spacial score (nSPS) is 13.6. The number of carbonyl (C=O) groups is 1. The van der Waals surface area contributed by atoms with E-state index in [1.54, 1.807) is 18.2 Å². The largest absolute Gasteiger partial charge is 0.419 e. The van der Waals surface area contributed by atoms with Crippen LogP contribution >= 0.6 is 11.6 Å². The third kappa shape index (κ3) is 3.57. The lowest BCUT2D eigenvalue weighted by Gasteiger charge is -2.28. The van der Waals surface area contributed by atoms with Gasteiger partial charge in [-0.25, -0.2) is 4.79 Å². The number of oxazole rings is 1. The van der Waals surface area contributed by atoms with Crippen LogP contribution in [0.4, 0.5) is 11.4 Å². The molecule has 1 aliphatic heterocycles. The van der Waals surface area contributed by atoms with E-state index in [4.69, 9.17) is 16.0 Å². The summed E-state index contributed by atoms with van der Waals surface area (Å²) in [5.74, 6) is -0.640. The van der Waals surface area contributed by atoms with E-state index in [0.29, 0.717) is 16.1 Å². The summed E-state index contributed by atoms with van der Waals surface area (Å²) in [7, 11) is 2.06. The second kappa shape index (κ2) is 7.12. The SMILES string of the molecule is CN1CCCc2ccc(NC(=O)CCn3c(=O)oc4cc(Cl)ccc43)cc21. The summed E-state index contributed by atoms with van der Waals surface area (Å²) in [6.45, 7) is 1.26. The minimum atomic E-state index is -0.490. The van der Waals surface area contributed by atoms with Crippen LogP contribution in [0.2, 0.25) is 5.02 Å². The number of carbonyl (C=O) groups excluding carboxylic acids is 1. The minimum Gasteiger partial charge on any atom is -0.408 e. The van der Waals surface area contributed by atoms with Gasteiger partial charge in [-0.05, 0) is 42.7 Å². The van der Waals surface area contributed by atoms with E-state index in [1.807, 2.05) is 12.1 Å². The van der Waals surface area contributed by atoms with Gasteiger partial charge in [0.2, 0.25) is 5.91 Å². The number of rotatable bonds is 4. The Morgan fingerprint density at radius 2 is 2.11 bits per heavy atom. The summed E-state index contributed by atoms with van der Waals surface area (Å²) in [5, 5.41) is 3.42. The topological polar surface area (TPSA) is 67.5 Å². The minimum absolute atomic E-state index is 0.149. The predicted octanol–water partition coefficient (Wildman–Crippen LogP) is 3.66. The van der Waals surface area contributed by atoms with Crippen molar-refractivity contribution in [2.75, 3.05) is 23.8 Å². The molecule has 27 heavy (non-hydrogen) atoms. The number of halogens is 1. The predicted molar refractivity (Wildman–Crippen MR) is 107 cm³/mol. The van der Waals surface area contributed by atoms with Crippen LogP contribution in [-0.2, 0) is 17.8 Å². The lowest BCUT2D eigenvalue weighted by Crippen LogP contribution is -2.25. The molecule has 3 aromatic rings. The molecule has 2 heterocycles. The molecule has 1 aliphatic rings. The molecule has 0 saturated carbocycles. The van der Waals surface area contributed by atoms with Crippen LogP contribution in [0, 0.1) is 0 Å². The Balaban J connectivity index is 1.46. The summed E-state index contributed by atoms with van der Waals surface area (Å²) >= 11 is 5.92. The zero-order valence-corrected chi connectivity index (χ0v) is 15.8. The van der Waals surface area contributed by atoms with E-state index in [2.05, 4.69) is 23.3 Å². The Morgan fingerprint density at radius 1 is 1.26 bits per heavy atom. The van der Waals surface area contributed by atoms with Crippen molar-refractivity contribution in [3.63, 3.8) is 0 Å². The van der Waals surface area contributed by atoms with E-state index in [1.165, 1.54) is 10.1 Å². The van der Waals surface area contributed by atoms with Crippen LogP contribution in [0.3, 0.4) is 0 Å². The van der Waals surface area contributed by atoms with E-state index >= 15 is 0 Å². The fourth-order valence-corrected chi connectivity index (χ4v) is 3.69. The molecule has 1 amide bonds. The molecule has 1 aromatic heterocycles. The Bertz CT molecular complexity index is 1070. The van der Waals surface area contributed by atoms with E-state index < -0.39 is 5.76 Å². The Morgan fingerprint density at radius 3 is 2.96 bits per heavy atom. The molecule has 0 radical (unpaired) electrons. The standard InChI is InChI=1S/C20H20ClN3O3/c1-23-9-2-3-13-4-6-15(12-17(13)23)22-19(25)8-10-24-16-7-5-14(21)11-18(16)27-20(24)26/h4-7,11-12H,2-3,8-10H2,1H3,(H,22,25). The summed E-state index contributed by atoms with van der Waals surface area (Å²) in [5.41, 5.74) is 4.28. The van der Waals surface area contributed by atoms with Gasteiger partial charge in [0.1, 0.15) is 0 Å². The maximum atomic E-state index is 12.4. The molecule has 6 nitrogen and oxygen atoms in total. The van der Waals surface area contributed by atoms with Crippen LogP contribution in [0.15, 0.2) is 45.6 Å².